The van der Waals surface area contributed by atoms with E-state index in [0.717, 1.165) is 0 Å². The number of hydrogen-bond donors (Lipinski definition) is 0. The minimum Gasteiger partial charge on any atom is -1.00 e. The Bertz CT molecular complexity index is 7.51. The summed E-state index contributed by atoms with van der Waals surface area (Å²) in [5.41, 5.74) is 0. The maximum atomic E-state index is 0. The summed E-state index contributed by atoms with van der Waals surface area (Å²) in [4.78, 5) is 0. The van der Waals surface area contributed by atoms with Gasteiger partial charge in [0.2, 0.25) is 0 Å². The molecule has 0 saturated heterocycles. The van der Waals surface area contributed by atoms with Crippen molar-refractivity contribution < 1.29 is 95.9 Å². The van der Waals surface area contributed by atoms with Crippen molar-refractivity contribution in [1.29, 1.82) is 0 Å². The molecule has 0 heterocycles. The van der Waals surface area contributed by atoms with E-state index in [1.807, 2.05) is 0 Å². The summed E-state index contributed by atoms with van der Waals surface area (Å²) in [6.07, 6.45) is 0. The van der Waals surface area contributed by atoms with Gasteiger partial charge in [-0.25, -0.2) is 0 Å². The summed E-state index contributed by atoms with van der Waals surface area (Å²) >= 11 is 0. The van der Waals surface area contributed by atoms with Crippen molar-refractivity contribution >= 4 is 65.0 Å². The molecule has 6 heteroatoms. The van der Waals surface area contributed by atoms with E-state index in [4.69, 9.17) is 0 Å². The van der Waals surface area contributed by atoms with Crippen molar-refractivity contribution in [2.24, 2.45) is 0 Å². The maximum absolute atomic E-state index is 0. The molecular formula is CaI4Pb. The first-order chi connectivity index (χ1) is 0. The van der Waals surface area contributed by atoms with Crippen molar-refractivity contribution in [3.05, 3.63) is 0 Å². The summed E-state index contributed by atoms with van der Waals surface area (Å²) in [5, 5.41) is 0. The molecule has 0 atom stereocenters. The molecule has 0 aromatic carbocycles. The van der Waals surface area contributed by atoms with Gasteiger partial charge in [-0.1, -0.05) is 0 Å². The van der Waals surface area contributed by atoms with Crippen LogP contribution in [-0.4, -0.2) is 65.0 Å². The van der Waals surface area contributed by atoms with Crippen LogP contribution in [0.4, 0.5) is 0 Å². The van der Waals surface area contributed by atoms with Crippen molar-refractivity contribution in [3.8, 4) is 0 Å². The number of rotatable bonds is 0. The molecule has 34 valence electrons. The van der Waals surface area contributed by atoms with Gasteiger partial charge in [-0.2, -0.15) is 0 Å². The zero-order valence-electron chi connectivity index (χ0n) is 2.72. The summed E-state index contributed by atoms with van der Waals surface area (Å²) < 4.78 is 0. The molecule has 0 fully saturated rings. The molecule has 2 radical (unpaired) electrons. The molecule has 0 spiro atoms. The van der Waals surface area contributed by atoms with Crippen LogP contribution in [0.1, 0.15) is 0 Å². The first-order valence-electron chi connectivity index (χ1n) is 0. The standard InChI is InChI=1S/Ca.4HI.Pb/h;4*1H;/q+2;;;;;+2/p-4. The first-order valence-corrected chi connectivity index (χ1v) is 0. The second-order valence-corrected chi connectivity index (χ2v) is 0. The van der Waals surface area contributed by atoms with Crippen LogP contribution in [0.5, 0.6) is 0 Å². The Morgan fingerprint density at radius 3 is 0.500 bits per heavy atom. The molecule has 0 N–H and O–H groups in total. The van der Waals surface area contributed by atoms with E-state index in [1.54, 1.807) is 0 Å². The van der Waals surface area contributed by atoms with E-state index in [2.05, 4.69) is 0 Å². The van der Waals surface area contributed by atoms with E-state index >= 15 is 0 Å². The van der Waals surface area contributed by atoms with Gasteiger partial charge >= 0.3 is 65.0 Å². The van der Waals surface area contributed by atoms with Gasteiger partial charge in [0.25, 0.3) is 0 Å². The minimum atomic E-state index is 0. The van der Waals surface area contributed by atoms with Crippen LogP contribution in [0.25, 0.3) is 0 Å². The average molecular weight is 755 g/mol. The SMILES string of the molecule is [Ca+2].[I-].[I-].[I-].[I-].[Pb+2]. The normalized spacial score (nSPS) is 0. The zero-order valence-corrected chi connectivity index (χ0v) is 17.4. The third-order valence-corrected chi connectivity index (χ3v) is 0. The Hall–Kier alpha value is 5.10. The summed E-state index contributed by atoms with van der Waals surface area (Å²) in [7, 11) is 0. The van der Waals surface area contributed by atoms with E-state index < -0.39 is 0 Å². The largest absolute Gasteiger partial charge is 2.00 e. The van der Waals surface area contributed by atoms with Crippen molar-refractivity contribution in [2.45, 2.75) is 0 Å². The fraction of sp³-hybridized carbons (Fsp3) is 0. The second kappa shape index (κ2) is 32.2. The Kier molecular flexibility index (Phi) is 233. The van der Waals surface area contributed by atoms with Crippen LogP contribution in [0.2, 0.25) is 0 Å². The Morgan fingerprint density at radius 2 is 0.500 bits per heavy atom. The molecule has 0 amide bonds. The molecule has 0 unspecified atom stereocenters. The third-order valence-electron chi connectivity index (χ3n) is 0. The molecule has 0 saturated carbocycles. The molecule has 0 aliphatic heterocycles. The van der Waals surface area contributed by atoms with Gasteiger partial charge in [0, 0.05) is 0 Å². The molecule has 0 bridgehead atoms. The monoisotopic (exact) mass is 756 g/mol. The molecule has 0 aromatic rings. The summed E-state index contributed by atoms with van der Waals surface area (Å²) in [6.45, 7) is 0. The van der Waals surface area contributed by atoms with Gasteiger partial charge in [0.05, 0.1) is 0 Å². The topological polar surface area (TPSA) is 0 Å². The fourth-order valence-corrected chi connectivity index (χ4v) is 0. The summed E-state index contributed by atoms with van der Waals surface area (Å²) in [6, 6.07) is 0. The van der Waals surface area contributed by atoms with Gasteiger partial charge < -0.3 is 95.9 Å². The molecule has 0 aliphatic carbocycles. The van der Waals surface area contributed by atoms with Gasteiger partial charge in [0.1, 0.15) is 0 Å². The van der Waals surface area contributed by atoms with Crippen LogP contribution in [0.15, 0.2) is 0 Å². The third kappa shape index (κ3) is 23.0. The van der Waals surface area contributed by atoms with Crippen LogP contribution in [0, 0.1) is 0 Å². The maximum Gasteiger partial charge on any atom is 2.00 e. The van der Waals surface area contributed by atoms with Gasteiger partial charge in [-0.15, -0.1) is 0 Å². The Morgan fingerprint density at radius 1 is 0.500 bits per heavy atom. The van der Waals surface area contributed by atoms with Crippen molar-refractivity contribution in [3.63, 3.8) is 0 Å². The Balaban J connectivity index is 0. The molecule has 0 aliphatic rings. The zero-order chi connectivity index (χ0) is 0. The van der Waals surface area contributed by atoms with E-state index in [1.165, 1.54) is 0 Å². The van der Waals surface area contributed by atoms with E-state index in [-0.39, 0.29) is 161 Å². The van der Waals surface area contributed by atoms with Gasteiger partial charge in [-0.05, 0) is 0 Å². The molecule has 0 aromatic heterocycles. The predicted octanol–water partition coefficient (Wildman–Crippen LogP) is -12.7. The van der Waals surface area contributed by atoms with E-state index in [0.29, 0.717) is 0 Å². The summed E-state index contributed by atoms with van der Waals surface area (Å²) in [5.74, 6) is 0. The fourth-order valence-electron chi connectivity index (χ4n) is 0. The molecular weight excluding hydrogens is 755 g/mol. The number of halogens is 4. The van der Waals surface area contributed by atoms with Crippen molar-refractivity contribution in [1.82, 2.24) is 0 Å². The van der Waals surface area contributed by atoms with Crippen molar-refractivity contribution in [2.75, 3.05) is 0 Å². The van der Waals surface area contributed by atoms with Crippen LogP contribution >= 0.6 is 0 Å². The Labute approximate surface area is 156 Å². The van der Waals surface area contributed by atoms with Gasteiger partial charge in [0.15, 0.2) is 0 Å². The first kappa shape index (κ1) is 43.5. The van der Waals surface area contributed by atoms with Gasteiger partial charge in [-0.3, -0.25) is 0 Å². The van der Waals surface area contributed by atoms with E-state index in [9.17, 15) is 0 Å². The number of hydrogen-bond acceptors (Lipinski definition) is 0. The van der Waals surface area contributed by atoms with Crippen LogP contribution < -0.4 is 95.9 Å². The quantitative estimate of drug-likeness (QED) is 0.171. The second-order valence-electron chi connectivity index (χ2n) is 0. The molecule has 6 heavy (non-hydrogen) atoms. The van der Waals surface area contributed by atoms with Crippen LogP contribution in [-0.2, 0) is 0 Å². The molecule has 0 rings (SSSR count). The van der Waals surface area contributed by atoms with Crippen LogP contribution in [0.3, 0.4) is 0 Å². The average Bonchev–Trinajstić information content (AvgIpc) is 0. The predicted molar refractivity (Wildman–Crippen MR) is 11.5 cm³/mol. The molecule has 0 nitrogen and oxygen atoms in total. The minimum absolute atomic E-state index is 0. The smallest absolute Gasteiger partial charge is 1.00 e.